The molecule has 1 aliphatic rings. The Morgan fingerprint density at radius 1 is 0.765 bits per heavy atom. The molecule has 1 amide bonds. The van der Waals surface area contributed by atoms with Crippen LogP contribution in [0.3, 0.4) is 0 Å². The van der Waals surface area contributed by atoms with E-state index in [2.05, 4.69) is 34.2 Å². The first-order valence-electron chi connectivity index (χ1n) is 11.2. The van der Waals surface area contributed by atoms with E-state index in [1.807, 2.05) is 59.5 Å². The number of carbonyl (C=O) groups is 1. The van der Waals surface area contributed by atoms with E-state index in [9.17, 15) is 9.90 Å². The summed E-state index contributed by atoms with van der Waals surface area (Å²) < 4.78 is 0. The monoisotopic (exact) mass is 443 g/mol. The van der Waals surface area contributed by atoms with Crippen molar-refractivity contribution in [1.82, 2.24) is 9.97 Å². The standard InChI is InChI=1S/C29H21N3O2/c33-27-17-25-24(30-14-15-31-25)16-23(27)28-22-12-6-7-13-26(22)32(29(28)34)18-20-10-4-5-11-21(20)19-8-2-1-3-9-19/h1-17,28,33H,18H2. The summed E-state index contributed by atoms with van der Waals surface area (Å²) >= 11 is 0. The number of carbonyl (C=O) groups excluding carboxylic acids is 1. The van der Waals surface area contributed by atoms with Gasteiger partial charge in [0.2, 0.25) is 5.91 Å². The molecule has 2 heterocycles. The molecule has 0 saturated carbocycles. The minimum atomic E-state index is -0.605. The number of aromatic nitrogens is 2. The van der Waals surface area contributed by atoms with E-state index >= 15 is 0 Å². The predicted octanol–water partition coefficient (Wildman–Crippen LogP) is 5.68. The van der Waals surface area contributed by atoms with Gasteiger partial charge < -0.3 is 10.0 Å². The molecule has 0 radical (unpaired) electrons. The molecule has 0 aliphatic carbocycles. The summed E-state index contributed by atoms with van der Waals surface area (Å²) in [6.07, 6.45) is 3.20. The van der Waals surface area contributed by atoms with Crippen LogP contribution in [0.1, 0.15) is 22.6 Å². The lowest BCUT2D eigenvalue weighted by atomic mass is 9.91. The van der Waals surface area contributed by atoms with Crippen LogP contribution in [0.25, 0.3) is 22.2 Å². The molecule has 164 valence electrons. The molecule has 1 unspecified atom stereocenters. The Morgan fingerprint density at radius 2 is 1.44 bits per heavy atom. The summed E-state index contributed by atoms with van der Waals surface area (Å²) in [5, 5.41) is 10.8. The van der Waals surface area contributed by atoms with Crippen LogP contribution in [0.4, 0.5) is 5.69 Å². The van der Waals surface area contributed by atoms with Crippen LogP contribution >= 0.6 is 0 Å². The van der Waals surface area contributed by atoms with Crippen molar-refractivity contribution in [3.63, 3.8) is 0 Å². The Labute approximate surface area is 197 Å². The van der Waals surface area contributed by atoms with Gasteiger partial charge in [0.1, 0.15) is 5.75 Å². The van der Waals surface area contributed by atoms with Gasteiger partial charge in [-0.15, -0.1) is 0 Å². The van der Waals surface area contributed by atoms with Gasteiger partial charge >= 0.3 is 0 Å². The average Bonchev–Trinajstić information content (AvgIpc) is 3.15. The van der Waals surface area contributed by atoms with Crippen molar-refractivity contribution in [3.05, 3.63) is 120 Å². The fourth-order valence-electron chi connectivity index (χ4n) is 4.82. The van der Waals surface area contributed by atoms with E-state index in [0.717, 1.165) is 27.9 Å². The molecule has 4 aromatic carbocycles. The SMILES string of the molecule is O=C1C(c2cc3nccnc3cc2O)c2ccccc2N1Cc1ccccc1-c1ccccc1. The van der Waals surface area contributed by atoms with Gasteiger partial charge in [-0.05, 0) is 34.4 Å². The summed E-state index contributed by atoms with van der Waals surface area (Å²) in [7, 11) is 0. The van der Waals surface area contributed by atoms with Crippen LogP contribution < -0.4 is 4.90 Å². The second-order valence-corrected chi connectivity index (χ2v) is 8.40. The minimum absolute atomic E-state index is 0.0488. The quantitative estimate of drug-likeness (QED) is 0.388. The zero-order chi connectivity index (χ0) is 23.1. The number of anilines is 1. The molecule has 1 atom stereocenters. The number of amides is 1. The van der Waals surface area contributed by atoms with E-state index in [1.54, 1.807) is 24.5 Å². The van der Waals surface area contributed by atoms with Crippen LogP contribution in [0.2, 0.25) is 0 Å². The molecule has 1 aromatic heterocycles. The van der Waals surface area contributed by atoms with Gasteiger partial charge in [0.05, 0.1) is 23.5 Å². The van der Waals surface area contributed by atoms with Crippen molar-refractivity contribution in [2.75, 3.05) is 4.90 Å². The molecule has 34 heavy (non-hydrogen) atoms. The predicted molar refractivity (Wildman–Crippen MR) is 133 cm³/mol. The minimum Gasteiger partial charge on any atom is -0.508 e. The van der Waals surface area contributed by atoms with Crippen LogP contribution in [0, 0.1) is 0 Å². The molecule has 0 saturated heterocycles. The van der Waals surface area contributed by atoms with Gasteiger partial charge in [-0.3, -0.25) is 14.8 Å². The van der Waals surface area contributed by atoms with Gasteiger partial charge in [-0.1, -0.05) is 72.8 Å². The van der Waals surface area contributed by atoms with Gasteiger partial charge in [0, 0.05) is 29.7 Å². The summed E-state index contributed by atoms with van der Waals surface area (Å²) in [6, 6.07) is 29.5. The molecule has 5 nitrogen and oxygen atoms in total. The van der Waals surface area contributed by atoms with E-state index in [4.69, 9.17) is 0 Å². The number of rotatable bonds is 4. The number of hydrogen-bond acceptors (Lipinski definition) is 4. The van der Waals surface area contributed by atoms with Crippen molar-refractivity contribution < 1.29 is 9.90 Å². The molecule has 1 aliphatic heterocycles. The highest BCUT2D eigenvalue weighted by atomic mass is 16.3. The zero-order valence-corrected chi connectivity index (χ0v) is 18.3. The largest absolute Gasteiger partial charge is 0.508 e. The Bertz CT molecular complexity index is 1530. The lowest BCUT2D eigenvalue weighted by molar-refractivity contribution is -0.118. The van der Waals surface area contributed by atoms with Crippen molar-refractivity contribution in [2.24, 2.45) is 0 Å². The molecule has 1 N–H and O–H groups in total. The first-order chi connectivity index (χ1) is 16.7. The summed E-state index contributed by atoms with van der Waals surface area (Å²) in [4.78, 5) is 24.3. The third-order valence-electron chi connectivity index (χ3n) is 6.41. The fourth-order valence-corrected chi connectivity index (χ4v) is 4.82. The topological polar surface area (TPSA) is 66.3 Å². The average molecular weight is 444 g/mol. The number of phenols is 1. The first kappa shape index (κ1) is 20.1. The van der Waals surface area contributed by atoms with Crippen molar-refractivity contribution in [2.45, 2.75) is 12.5 Å². The first-order valence-corrected chi connectivity index (χ1v) is 11.2. The maximum absolute atomic E-state index is 13.9. The Hall–Kier alpha value is -4.51. The number of fused-ring (bicyclic) bond motifs is 2. The molecule has 0 bridgehead atoms. The van der Waals surface area contributed by atoms with Crippen LogP contribution in [-0.2, 0) is 11.3 Å². The molecule has 6 rings (SSSR count). The highest BCUT2D eigenvalue weighted by Crippen LogP contribution is 2.45. The number of hydrogen-bond donors (Lipinski definition) is 1. The van der Waals surface area contributed by atoms with Crippen LogP contribution in [0.15, 0.2) is 103 Å². The Balaban J connectivity index is 1.44. The fraction of sp³-hybridized carbons (Fsp3) is 0.0690. The Morgan fingerprint density at radius 3 is 2.26 bits per heavy atom. The van der Waals surface area contributed by atoms with E-state index in [-0.39, 0.29) is 11.7 Å². The molecular weight excluding hydrogens is 422 g/mol. The molecule has 0 fully saturated rings. The van der Waals surface area contributed by atoms with Gasteiger partial charge in [0.15, 0.2) is 0 Å². The number of para-hydroxylation sites is 1. The number of nitrogens with zero attached hydrogens (tertiary/aromatic N) is 3. The Kier molecular flexibility index (Phi) is 4.81. The van der Waals surface area contributed by atoms with Gasteiger partial charge in [-0.25, -0.2) is 0 Å². The maximum atomic E-state index is 13.9. The second kappa shape index (κ2) is 8.12. The highest BCUT2D eigenvalue weighted by Gasteiger charge is 2.39. The molecular formula is C29H21N3O2. The van der Waals surface area contributed by atoms with E-state index in [0.29, 0.717) is 23.1 Å². The van der Waals surface area contributed by atoms with E-state index in [1.165, 1.54) is 0 Å². The number of phenolic OH excluding ortho intramolecular Hbond substituents is 1. The van der Waals surface area contributed by atoms with Crippen molar-refractivity contribution in [1.29, 1.82) is 0 Å². The molecule has 5 heteroatoms. The third kappa shape index (κ3) is 3.30. The second-order valence-electron chi connectivity index (χ2n) is 8.40. The highest BCUT2D eigenvalue weighted by molar-refractivity contribution is 6.07. The maximum Gasteiger partial charge on any atom is 0.239 e. The zero-order valence-electron chi connectivity index (χ0n) is 18.3. The van der Waals surface area contributed by atoms with Crippen LogP contribution in [-0.4, -0.2) is 21.0 Å². The third-order valence-corrected chi connectivity index (χ3v) is 6.41. The normalized spacial score (nSPS) is 15.0. The van der Waals surface area contributed by atoms with Crippen molar-refractivity contribution >= 4 is 22.6 Å². The van der Waals surface area contributed by atoms with Gasteiger partial charge in [0.25, 0.3) is 0 Å². The molecule has 5 aromatic rings. The number of benzene rings is 4. The molecule has 0 spiro atoms. The smallest absolute Gasteiger partial charge is 0.239 e. The van der Waals surface area contributed by atoms with Crippen LogP contribution in [0.5, 0.6) is 5.75 Å². The van der Waals surface area contributed by atoms with E-state index < -0.39 is 5.92 Å². The summed E-state index contributed by atoms with van der Waals surface area (Å²) in [5.41, 5.74) is 6.79. The van der Waals surface area contributed by atoms with Gasteiger partial charge in [-0.2, -0.15) is 0 Å². The van der Waals surface area contributed by atoms with Crippen molar-refractivity contribution in [3.8, 4) is 16.9 Å². The summed E-state index contributed by atoms with van der Waals surface area (Å²) in [6.45, 7) is 0.436. The number of aromatic hydroxyl groups is 1. The lowest BCUT2D eigenvalue weighted by Gasteiger charge is -2.21. The lowest BCUT2D eigenvalue weighted by Crippen LogP contribution is -2.29. The summed E-state index contributed by atoms with van der Waals surface area (Å²) in [5.74, 6) is -0.623.